The van der Waals surface area contributed by atoms with Crippen molar-refractivity contribution in [1.29, 1.82) is 5.26 Å². The third-order valence-electron chi connectivity index (χ3n) is 4.59. The smallest absolute Gasteiger partial charge is 0.232 e. The minimum absolute atomic E-state index is 0.140. The van der Waals surface area contributed by atoms with E-state index < -0.39 is 0 Å². The van der Waals surface area contributed by atoms with Crippen LogP contribution >= 0.6 is 0 Å². The second kappa shape index (κ2) is 7.88. The van der Waals surface area contributed by atoms with Gasteiger partial charge in [0.15, 0.2) is 0 Å². The molecule has 5 heteroatoms. The Balaban J connectivity index is 1.71. The molecule has 0 saturated heterocycles. The summed E-state index contributed by atoms with van der Waals surface area (Å²) in [4.78, 5) is 7.96. The summed E-state index contributed by atoms with van der Waals surface area (Å²) in [6.45, 7) is 4.67. The molecule has 27 heavy (non-hydrogen) atoms. The fraction of sp³-hybridized carbons (Fsp3) is 0.227. The number of methoxy groups -OCH3 is 1. The van der Waals surface area contributed by atoms with Gasteiger partial charge in [-0.2, -0.15) is 5.26 Å². The van der Waals surface area contributed by atoms with Crippen molar-refractivity contribution in [1.82, 2.24) is 9.97 Å². The molecule has 0 fully saturated rings. The molecule has 1 heterocycles. The molecule has 5 nitrogen and oxygen atoms in total. The van der Waals surface area contributed by atoms with Crippen LogP contribution in [0.1, 0.15) is 36.5 Å². The molecule has 1 aromatic heterocycles. The van der Waals surface area contributed by atoms with Crippen LogP contribution in [0.25, 0.3) is 0 Å². The first-order chi connectivity index (χ1) is 13.0. The van der Waals surface area contributed by atoms with Gasteiger partial charge in [-0.05, 0) is 41.5 Å². The minimum atomic E-state index is -0.140. The molecule has 3 rings (SSSR count). The molecule has 3 aromatic rings. The predicted molar refractivity (Wildman–Crippen MR) is 103 cm³/mol. The highest BCUT2D eigenvalue weighted by Gasteiger charge is 2.23. The Morgan fingerprint density at radius 2 is 1.52 bits per heavy atom. The molecule has 0 saturated carbocycles. The number of hydrogen-bond acceptors (Lipinski definition) is 5. The molecule has 0 aliphatic carbocycles. The van der Waals surface area contributed by atoms with Gasteiger partial charge < -0.3 is 9.47 Å². The first-order valence-electron chi connectivity index (χ1n) is 8.63. The number of nitriles is 1. The lowest BCUT2D eigenvalue weighted by atomic mass is 9.78. The first kappa shape index (κ1) is 18.4. The predicted octanol–water partition coefficient (Wildman–Crippen LogP) is 4.26. The van der Waals surface area contributed by atoms with Crippen LogP contribution in [0.2, 0.25) is 0 Å². The fourth-order valence-corrected chi connectivity index (χ4v) is 2.83. The standard InChI is InChI=1S/C22H21N3O2/c1-22(2,16-4-8-19(26-3)9-5-16)17-6-10-20(11-7-17)27-15-18-12-13-24-21(14-23)25-18/h4-13H,15H2,1-3H3. The lowest BCUT2D eigenvalue weighted by Crippen LogP contribution is -2.18. The van der Waals surface area contributed by atoms with Crippen LogP contribution < -0.4 is 9.47 Å². The molecule has 0 amide bonds. The van der Waals surface area contributed by atoms with Crippen LogP contribution in [0.3, 0.4) is 0 Å². The quantitative estimate of drug-likeness (QED) is 0.658. The van der Waals surface area contributed by atoms with Crippen LogP contribution in [0, 0.1) is 11.3 Å². The normalized spacial score (nSPS) is 10.9. The summed E-state index contributed by atoms with van der Waals surface area (Å²) < 4.78 is 11.0. The molecular weight excluding hydrogens is 338 g/mol. The van der Waals surface area contributed by atoms with E-state index in [2.05, 4.69) is 48.1 Å². The molecule has 0 N–H and O–H groups in total. The van der Waals surface area contributed by atoms with Gasteiger partial charge in [-0.25, -0.2) is 9.97 Å². The highest BCUT2D eigenvalue weighted by atomic mass is 16.5. The van der Waals surface area contributed by atoms with Gasteiger partial charge in [0.1, 0.15) is 24.2 Å². The number of benzene rings is 2. The summed E-state index contributed by atoms with van der Waals surface area (Å²) in [5.41, 5.74) is 2.93. The van der Waals surface area contributed by atoms with Crippen LogP contribution in [0.15, 0.2) is 60.8 Å². The van der Waals surface area contributed by atoms with Crippen molar-refractivity contribution in [2.75, 3.05) is 7.11 Å². The zero-order valence-electron chi connectivity index (χ0n) is 15.6. The molecule has 0 spiro atoms. The van der Waals surface area contributed by atoms with E-state index in [-0.39, 0.29) is 11.2 Å². The topological polar surface area (TPSA) is 68.0 Å². The van der Waals surface area contributed by atoms with Gasteiger partial charge in [-0.1, -0.05) is 38.1 Å². The van der Waals surface area contributed by atoms with Crippen molar-refractivity contribution in [2.45, 2.75) is 25.9 Å². The molecule has 0 aliphatic heterocycles. The Hall–Kier alpha value is -3.39. The fourth-order valence-electron chi connectivity index (χ4n) is 2.83. The second-order valence-electron chi connectivity index (χ2n) is 6.65. The molecule has 0 radical (unpaired) electrons. The van der Waals surface area contributed by atoms with Crippen molar-refractivity contribution >= 4 is 0 Å². The maximum absolute atomic E-state index is 8.85. The Morgan fingerprint density at radius 3 is 2.07 bits per heavy atom. The van der Waals surface area contributed by atoms with Crippen molar-refractivity contribution in [3.8, 4) is 17.6 Å². The van der Waals surface area contributed by atoms with Crippen LogP contribution in [0.4, 0.5) is 0 Å². The van der Waals surface area contributed by atoms with Crippen molar-refractivity contribution in [3.63, 3.8) is 0 Å². The summed E-state index contributed by atoms with van der Waals surface area (Å²) in [5, 5.41) is 8.85. The summed E-state index contributed by atoms with van der Waals surface area (Å²) in [6, 6.07) is 19.8. The van der Waals surface area contributed by atoms with Crippen LogP contribution in [0.5, 0.6) is 11.5 Å². The van der Waals surface area contributed by atoms with Gasteiger partial charge >= 0.3 is 0 Å². The molecule has 0 bridgehead atoms. The number of rotatable bonds is 6. The summed E-state index contributed by atoms with van der Waals surface area (Å²) >= 11 is 0. The number of aromatic nitrogens is 2. The zero-order valence-corrected chi connectivity index (χ0v) is 15.6. The van der Waals surface area contributed by atoms with Gasteiger partial charge in [0.05, 0.1) is 12.8 Å². The van der Waals surface area contributed by atoms with Crippen molar-refractivity contribution in [3.05, 3.63) is 83.4 Å². The van der Waals surface area contributed by atoms with Gasteiger partial charge in [0.25, 0.3) is 0 Å². The Morgan fingerprint density at radius 1 is 0.926 bits per heavy atom. The lowest BCUT2D eigenvalue weighted by molar-refractivity contribution is 0.300. The second-order valence-corrected chi connectivity index (χ2v) is 6.65. The molecule has 0 atom stereocenters. The third-order valence-corrected chi connectivity index (χ3v) is 4.59. The monoisotopic (exact) mass is 359 g/mol. The van der Waals surface area contributed by atoms with E-state index in [1.54, 1.807) is 19.4 Å². The van der Waals surface area contributed by atoms with Gasteiger partial charge in [-0.15, -0.1) is 0 Å². The summed E-state index contributed by atoms with van der Waals surface area (Å²) in [5.74, 6) is 1.75. The summed E-state index contributed by atoms with van der Waals surface area (Å²) in [6.07, 6.45) is 1.56. The zero-order chi connectivity index (χ0) is 19.3. The highest BCUT2D eigenvalue weighted by molar-refractivity contribution is 5.41. The minimum Gasteiger partial charge on any atom is -0.497 e. The largest absolute Gasteiger partial charge is 0.497 e. The van der Waals surface area contributed by atoms with E-state index in [1.807, 2.05) is 30.3 Å². The molecule has 2 aromatic carbocycles. The van der Waals surface area contributed by atoms with Gasteiger partial charge in [-0.3, -0.25) is 0 Å². The maximum Gasteiger partial charge on any atom is 0.232 e. The average Bonchev–Trinajstić information content (AvgIpc) is 2.72. The SMILES string of the molecule is COc1ccc(C(C)(C)c2ccc(OCc3ccnc(C#N)n3)cc2)cc1. The van der Waals surface area contributed by atoms with E-state index in [4.69, 9.17) is 14.7 Å². The van der Waals surface area contributed by atoms with Gasteiger partial charge in [0, 0.05) is 11.6 Å². The molecule has 0 aliphatic rings. The Kier molecular flexibility index (Phi) is 5.37. The van der Waals surface area contributed by atoms with E-state index in [9.17, 15) is 0 Å². The van der Waals surface area contributed by atoms with E-state index in [0.29, 0.717) is 12.3 Å². The molecule has 136 valence electrons. The Labute approximate surface area is 159 Å². The first-order valence-corrected chi connectivity index (χ1v) is 8.63. The average molecular weight is 359 g/mol. The molecular formula is C22H21N3O2. The van der Waals surface area contributed by atoms with Crippen molar-refractivity contribution in [2.24, 2.45) is 0 Å². The number of hydrogen-bond donors (Lipinski definition) is 0. The van der Waals surface area contributed by atoms with Gasteiger partial charge in [0.2, 0.25) is 5.82 Å². The number of ether oxygens (including phenoxy) is 2. The van der Waals surface area contributed by atoms with E-state index >= 15 is 0 Å². The van der Waals surface area contributed by atoms with Crippen LogP contribution in [-0.2, 0) is 12.0 Å². The summed E-state index contributed by atoms with van der Waals surface area (Å²) in [7, 11) is 1.67. The lowest BCUT2D eigenvalue weighted by Gasteiger charge is -2.26. The maximum atomic E-state index is 8.85. The van der Waals surface area contributed by atoms with Crippen molar-refractivity contribution < 1.29 is 9.47 Å². The van der Waals surface area contributed by atoms with E-state index in [0.717, 1.165) is 11.5 Å². The van der Waals surface area contributed by atoms with E-state index in [1.165, 1.54) is 11.1 Å². The van der Waals surface area contributed by atoms with Crippen LogP contribution in [-0.4, -0.2) is 17.1 Å². The number of nitrogens with zero attached hydrogens (tertiary/aromatic N) is 3. The highest BCUT2D eigenvalue weighted by Crippen LogP contribution is 2.33. The molecule has 0 unspecified atom stereocenters. The third kappa shape index (κ3) is 4.24. The Bertz CT molecular complexity index is 943.